The van der Waals surface area contributed by atoms with Gasteiger partial charge < -0.3 is 8.98 Å². The van der Waals surface area contributed by atoms with Crippen molar-refractivity contribution in [3.8, 4) is 39.6 Å². The van der Waals surface area contributed by atoms with Crippen LogP contribution in [0.2, 0.25) is 0 Å². The molecular weight excluding hydrogens is 673 g/mol. The summed E-state index contributed by atoms with van der Waals surface area (Å²) in [5.41, 5.74) is 10.5. The van der Waals surface area contributed by atoms with Crippen LogP contribution in [0.1, 0.15) is 11.4 Å². The number of furan rings is 1. The van der Waals surface area contributed by atoms with Gasteiger partial charge in [0.1, 0.15) is 17.0 Å². The molecule has 0 unspecified atom stereocenters. The second-order valence-electron chi connectivity index (χ2n) is 14.0. The summed E-state index contributed by atoms with van der Waals surface area (Å²) >= 11 is 0. The molecule has 5 nitrogen and oxygen atoms in total. The second kappa shape index (κ2) is 12.6. The van der Waals surface area contributed by atoms with E-state index in [4.69, 9.17) is 19.4 Å². The fourth-order valence-electron chi connectivity index (χ4n) is 8.08. The van der Waals surface area contributed by atoms with Crippen LogP contribution in [-0.4, -0.2) is 19.5 Å². The largest absolute Gasteiger partial charge is 0.456 e. The summed E-state index contributed by atoms with van der Waals surface area (Å²) in [6, 6.07) is 63.8. The molecule has 0 radical (unpaired) electrons. The lowest BCUT2D eigenvalue weighted by molar-refractivity contribution is 0.668. The van der Waals surface area contributed by atoms with Crippen molar-refractivity contribution in [2.75, 3.05) is 0 Å². The second-order valence-corrected chi connectivity index (χ2v) is 14.0. The van der Waals surface area contributed by atoms with Gasteiger partial charge in [-0.3, -0.25) is 0 Å². The van der Waals surface area contributed by atoms with Gasteiger partial charge in [-0.15, -0.1) is 0 Å². The minimum absolute atomic E-state index is 0.526. The molecule has 0 fully saturated rings. The number of nitrogens with zero attached hydrogens (tertiary/aromatic N) is 4. The smallest absolute Gasteiger partial charge is 0.163 e. The van der Waals surface area contributed by atoms with Gasteiger partial charge >= 0.3 is 0 Å². The molecule has 0 N–H and O–H groups in total. The lowest BCUT2D eigenvalue weighted by Crippen LogP contribution is -2.04. The summed E-state index contributed by atoms with van der Waals surface area (Å²) in [7, 11) is 0. The third-order valence-electron chi connectivity index (χ3n) is 10.7. The first-order valence-corrected chi connectivity index (χ1v) is 18.6. The summed E-state index contributed by atoms with van der Waals surface area (Å²) in [5, 5.41) is 7.07. The van der Waals surface area contributed by atoms with Crippen LogP contribution in [0.5, 0.6) is 0 Å². The average Bonchev–Trinajstić information content (AvgIpc) is 3.80. The summed E-state index contributed by atoms with van der Waals surface area (Å²) in [6.07, 6.45) is 0.526. The highest BCUT2D eigenvalue weighted by Crippen LogP contribution is 2.39. The summed E-state index contributed by atoms with van der Waals surface area (Å²) in [6.45, 7) is 0. The molecule has 5 heteroatoms. The van der Waals surface area contributed by atoms with Crippen LogP contribution in [0.15, 0.2) is 186 Å². The van der Waals surface area contributed by atoms with Crippen LogP contribution in [0, 0.1) is 0 Å². The number of hydrogen-bond acceptors (Lipinski definition) is 4. The number of fused-ring (bicyclic) bond motifs is 7. The zero-order valence-corrected chi connectivity index (χ0v) is 29.7. The van der Waals surface area contributed by atoms with E-state index in [0.717, 1.165) is 55.4 Å². The number of para-hydroxylation sites is 1. The van der Waals surface area contributed by atoms with Crippen molar-refractivity contribution in [3.63, 3.8) is 0 Å². The highest BCUT2D eigenvalue weighted by atomic mass is 16.3. The molecule has 0 amide bonds. The first kappa shape index (κ1) is 31.2. The van der Waals surface area contributed by atoms with Crippen LogP contribution in [-0.2, 0) is 6.42 Å². The van der Waals surface area contributed by atoms with E-state index in [1.54, 1.807) is 0 Å². The number of benzene rings is 8. The van der Waals surface area contributed by atoms with E-state index in [9.17, 15) is 0 Å². The topological polar surface area (TPSA) is 56.7 Å². The Hall–Kier alpha value is -7.37. The van der Waals surface area contributed by atoms with Crippen molar-refractivity contribution in [1.29, 1.82) is 0 Å². The zero-order valence-electron chi connectivity index (χ0n) is 29.7. The number of rotatable bonds is 6. The van der Waals surface area contributed by atoms with Gasteiger partial charge in [-0.2, -0.15) is 0 Å². The van der Waals surface area contributed by atoms with Crippen molar-refractivity contribution >= 4 is 54.5 Å². The fourth-order valence-corrected chi connectivity index (χ4v) is 8.08. The maximum atomic E-state index is 6.46. The molecular formula is C50H32N4O. The quantitative estimate of drug-likeness (QED) is 0.173. The Labute approximate surface area is 316 Å². The fraction of sp³-hybridized carbons (Fsp3) is 0.0200. The lowest BCUT2D eigenvalue weighted by Gasteiger charge is -2.10. The Morgan fingerprint density at radius 3 is 1.85 bits per heavy atom. The van der Waals surface area contributed by atoms with Gasteiger partial charge in [0.05, 0.1) is 11.0 Å². The van der Waals surface area contributed by atoms with E-state index in [-0.39, 0.29) is 0 Å². The molecule has 0 aliphatic carbocycles. The molecule has 3 aromatic heterocycles. The lowest BCUT2D eigenvalue weighted by atomic mass is 9.98. The van der Waals surface area contributed by atoms with Gasteiger partial charge in [-0.05, 0) is 76.0 Å². The van der Waals surface area contributed by atoms with Gasteiger partial charge in [0.15, 0.2) is 11.6 Å². The molecule has 0 aliphatic rings. The Kier molecular flexibility index (Phi) is 7.17. The molecule has 8 aromatic carbocycles. The van der Waals surface area contributed by atoms with E-state index in [2.05, 4.69) is 120 Å². The van der Waals surface area contributed by atoms with Crippen molar-refractivity contribution in [2.24, 2.45) is 0 Å². The molecule has 0 saturated carbocycles. The van der Waals surface area contributed by atoms with E-state index < -0.39 is 0 Å². The van der Waals surface area contributed by atoms with Crippen LogP contribution >= 0.6 is 0 Å². The Morgan fingerprint density at radius 1 is 0.418 bits per heavy atom. The molecule has 0 atom stereocenters. The summed E-state index contributed by atoms with van der Waals surface area (Å²) in [4.78, 5) is 14.9. The van der Waals surface area contributed by atoms with E-state index in [1.807, 2.05) is 66.7 Å². The maximum absolute atomic E-state index is 6.46. The molecule has 0 bridgehead atoms. The normalized spacial score (nSPS) is 11.7. The van der Waals surface area contributed by atoms with Crippen LogP contribution in [0.25, 0.3) is 94.1 Å². The third kappa shape index (κ3) is 5.36. The van der Waals surface area contributed by atoms with Crippen LogP contribution < -0.4 is 0 Å². The van der Waals surface area contributed by atoms with Crippen LogP contribution in [0.4, 0.5) is 0 Å². The Balaban J connectivity index is 1.03. The van der Waals surface area contributed by atoms with Gasteiger partial charge in [0, 0.05) is 44.8 Å². The Bertz CT molecular complexity index is 3180. The molecule has 55 heavy (non-hydrogen) atoms. The van der Waals surface area contributed by atoms with Gasteiger partial charge in [-0.1, -0.05) is 133 Å². The number of aromatic nitrogens is 4. The predicted molar refractivity (Wildman–Crippen MR) is 225 cm³/mol. The summed E-state index contributed by atoms with van der Waals surface area (Å²) < 4.78 is 8.84. The van der Waals surface area contributed by atoms with Crippen molar-refractivity contribution in [1.82, 2.24) is 19.5 Å². The minimum Gasteiger partial charge on any atom is -0.456 e. The molecule has 11 rings (SSSR count). The zero-order chi connectivity index (χ0) is 36.3. The van der Waals surface area contributed by atoms with Crippen LogP contribution in [0.3, 0.4) is 0 Å². The molecule has 258 valence electrons. The van der Waals surface area contributed by atoms with Gasteiger partial charge in [-0.25, -0.2) is 15.0 Å². The molecule has 11 aromatic rings. The van der Waals surface area contributed by atoms with Crippen molar-refractivity contribution in [3.05, 3.63) is 193 Å². The SMILES string of the molecule is c1ccc(-c2nc(Cc3cccc4oc5ccc(-c6ccc7c(c6)c6ccccc6n7-c6ccc7ccccc7c6)cc5c34)nc(-c3ccccc3)n2)cc1. The van der Waals surface area contributed by atoms with E-state index in [0.29, 0.717) is 23.9 Å². The van der Waals surface area contributed by atoms with E-state index >= 15 is 0 Å². The maximum Gasteiger partial charge on any atom is 0.163 e. The summed E-state index contributed by atoms with van der Waals surface area (Å²) in [5.74, 6) is 2.03. The first-order valence-electron chi connectivity index (χ1n) is 18.6. The minimum atomic E-state index is 0.526. The monoisotopic (exact) mass is 704 g/mol. The average molecular weight is 705 g/mol. The van der Waals surface area contributed by atoms with E-state index in [1.165, 1.54) is 32.6 Å². The predicted octanol–water partition coefficient (Wildman–Crippen LogP) is 12.6. The molecule has 3 heterocycles. The third-order valence-corrected chi connectivity index (χ3v) is 10.7. The van der Waals surface area contributed by atoms with Gasteiger partial charge in [0.2, 0.25) is 0 Å². The molecule has 0 spiro atoms. The molecule has 0 aliphatic heterocycles. The van der Waals surface area contributed by atoms with Crippen molar-refractivity contribution < 1.29 is 4.42 Å². The van der Waals surface area contributed by atoms with Gasteiger partial charge in [0.25, 0.3) is 0 Å². The molecule has 0 saturated heterocycles. The standard InChI is InChI=1S/C50H32N4O/c1-3-13-33(14-4-1)49-51-47(52-50(53-49)34-15-5-2-6-16-34)31-38-18-11-21-46-48(38)42-30-37(24-27-45(42)55-46)36-23-26-44-41(29-36)40-19-9-10-20-43(40)54(44)39-25-22-32-12-7-8-17-35(32)28-39/h1-30H,31H2. The van der Waals surface area contributed by atoms with Crippen molar-refractivity contribution in [2.45, 2.75) is 6.42 Å². The number of hydrogen-bond donors (Lipinski definition) is 0. The Morgan fingerprint density at radius 2 is 1.07 bits per heavy atom. The first-order chi connectivity index (χ1) is 27.2. The highest BCUT2D eigenvalue weighted by Gasteiger charge is 2.18. The highest BCUT2D eigenvalue weighted by molar-refractivity contribution is 6.12.